The molecule has 0 aromatic heterocycles. The molecule has 3 atom stereocenters. The number of hydrogen-bond acceptors (Lipinski definition) is 4. The zero-order valence-corrected chi connectivity index (χ0v) is 10.5. The Hall–Kier alpha value is -2.17. The number of nitrogens with two attached hydrogens (primary N) is 2. The predicted molar refractivity (Wildman–Crippen MR) is 73.6 cm³/mol. The third-order valence-corrected chi connectivity index (χ3v) is 4.15. The number of nitrogens with one attached hydrogen (secondary N) is 1. The van der Waals surface area contributed by atoms with E-state index < -0.39 is 0 Å². The molecule has 0 aromatic rings. The molecule has 3 unspecified atom stereocenters. The van der Waals surface area contributed by atoms with E-state index in [1.54, 1.807) is 18.4 Å². The number of fused-ring (bicyclic) bond motifs is 1. The highest BCUT2D eigenvalue weighted by Crippen LogP contribution is 2.56. The van der Waals surface area contributed by atoms with Gasteiger partial charge in [-0.3, -0.25) is 9.79 Å². The molecule has 1 fully saturated rings. The zero-order chi connectivity index (χ0) is 13.6. The van der Waals surface area contributed by atoms with Crippen molar-refractivity contribution in [1.29, 1.82) is 5.41 Å². The van der Waals surface area contributed by atoms with Crippen LogP contribution in [0.3, 0.4) is 0 Å². The third kappa shape index (κ3) is 1.73. The normalized spacial score (nSPS) is 35.2. The van der Waals surface area contributed by atoms with Gasteiger partial charge < -0.3 is 16.9 Å². The van der Waals surface area contributed by atoms with Crippen molar-refractivity contribution in [3.8, 4) is 0 Å². The lowest BCUT2D eigenvalue weighted by Crippen LogP contribution is -2.29. The van der Waals surface area contributed by atoms with Gasteiger partial charge in [-0.1, -0.05) is 18.2 Å². The van der Waals surface area contributed by atoms with E-state index in [9.17, 15) is 4.79 Å². The van der Waals surface area contributed by atoms with Crippen molar-refractivity contribution in [3.63, 3.8) is 0 Å². The van der Waals surface area contributed by atoms with Crippen molar-refractivity contribution in [1.82, 2.24) is 0 Å². The number of carbonyl (C=O) groups is 1. The first-order chi connectivity index (χ1) is 9.04. The second-order valence-electron chi connectivity index (χ2n) is 5.32. The molecule has 0 radical (unpaired) electrons. The van der Waals surface area contributed by atoms with Gasteiger partial charge in [0.15, 0.2) is 0 Å². The number of rotatable bonds is 3. The monoisotopic (exact) mass is 256 g/mol. The van der Waals surface area contributed by atoms with Gasteiger partial charge >= 0.3 is 0 Å². The Morgan fingerprint density at radius 1 is 1.53 bits per heavy atom. The lowest BCUT2D eigenvalue weighted by molar-refractivity contribution is -0.120. The van der Waals surface area contributed by atoms with Gasteiger partial charge in [0.25, 0.3) is 0 Å². The van der Waals surface area contributed by atoms with Crippen molar-refractivity contribution >= 4 is 17.8 Å². The SMILES string of the molecule is N=C(C1=CC(C(N)=O)CC=C1N)C12C=CN=CC1C2. The summed E-state index contributed by atoms with van der Waals surface area (Å²) in [7, 11) is 0. The third-order valence-electron chi connectivity index (χ3n) is 4.15. The molecule has 5 nitrogen and oxygen atoms in total. The van der Waals surface area contributed by atoms with Crippen LogP contribution in [0.1, 0.15) is 12.8 Å². The lowest BCUT2D eigenvalue weighted by atomic mass is 9.84. The summed E-state index contributed by atoms with van der Waals surface area (Å²) < 4.78 is 0. The van der Waals surface area contributed by atoms with Crippen LogP contribution in [-0.2, 0) is 4.79 Å². The second-order valence-corrected chi connectivity index (χ2v) is 5.32. The average Bonchev–Trinajstić information content (AvgIpc) is 3.14. The van der Waals surface area contributed by atoms with Gasteiger partial charge in [0.1, 0.15) is 0 Å². The molecule has 0 spiro atoms. The molecule has 0 saturated heterocycles. The molecule has 0 bridgehead atoms. The van der Waals surface area contributed by atoms with E-state index in [4.69, 9.17) is 16.9 Å². The van der Waals surface area contributed by atoms with E-state index in [-0.39, 0.29) is 23.2 Å². The maximum absolute atomic E-state index is 11.3. The fraction of sp³-hybridized carbons (Fsp3) is 0.357. The van der Waals surface area contributed by atoms with Crippen molar-refractivity contribution in [3.05, 3.63) is 35.7 Å². The topological polar surface area (TPSA) is 105 Å². The molecule has 1 aliphatic heterocycles. The second kappa shape index (κ2) is 3.91. The first-order valence-electron chi connectivity index (χ1n) is 6.32. The Labute approximate surface area is 111 Å². The highest BCUT2D eigenvalue weighted by Gasteiger charge is 2.56. The standard InChI is InChI=1S/C14H16N4O/c15-11-2-1-8(13(17)19)5-10(11)12(16)14-3-4-18-7-9(14)6-14/h2-5,7-9,16H,1,6,15H2,(H2,17,19). The highest BCUT2D eigenvalue weighted by atomic mass is 16.1. The van der Waals surface area contributed by atoms with Crippen LogP contribution in [0.2, 0.25) is 0 Å². The summed E-state index contributed by atoms with van der Waals surface area (Å²) in [4.78, 5) is 15.4. The van der Waals surface area contributed by atoms with Crippen LogP contribution < -0.4 is 11.5 Å². The molecule has 1 saturated carbocycles. The highest BCUT2D eigenvalue weighted by molar-refractivity contribution is 6.11. The summed E-state index contributed by atoms with van der Waals surface area (Å²) in [5.74, 6) is -0.454. The Kier molecular flexibility index (Phi) is 2.45. The van der Waals surface area contributed by atoms with Gasteiger partial charge in [-0.2, -0.15) is 0 Å². The fourth-order valence-electron chi connectivity index (χ4n) is 2.79. The lowest BCUT2D eigenvalue weighted by Gasteiger charge is -2.23. The average molecular weight is 256 g/mol. The maximum Gasteiger partial charge on any atom is 0.224 e. The van der Waals surface area contributed by atoms with Crippen molar-refractivity contribution in [2.45, 2.75) is 12.8 Å². The van der Waals surface area contributed by atoms with Crippen molar-refractivity contribution < 1.29 is 4.79 Å². The van der Waals surface area contributed by atoms with E-state index in [0.29, 0.717) is 23.4 Å². The molecule has 19 heavy (non-hydrogen) atoms. The number of carbonyl (C=O) groups excluding carboxylic acids is 1. The Morgan fingerprint density at radius 2 is 2.32 bits per heavy atom. The smallest absolute Gasteiger partial charge is 0.224 e. The fourth-order valence-corrected chi connectivity index (χ4v) is 2.79. The van der Waals surface area contributed by atoms with Crippen LogP contribution >= 0.6 is 0 Å². The van der Waals surface area contributed by atoms with Gasteiger partial charge in [0.2, 0.25) is 5.91 Å². The predicted octanol–water partition coefficient (Wildman–Crippen LogP) is 0.885. The van der Waals surface area contributed by atoms with Crippen LogP contribution in [0.25, 0.3) is 0 Å². The molecule has 3 rings (SSSR count). The number of allylic oxidation sites excluding steroid dienone is 3. The molecule has 0 aromatic carbocycles. The molecular weight excluding hydrogens is 240 g/mol. The van der Waals surface area contributed by atoms with Crippen LogP contribution in [0.5, 0.6) is 0 Å². The molecule has 2 aliphatic carbocycles. The summed E-state index contributed by atoms with van der Waals surface area (Å²) in [6.07, 6.45) is 10.5. The van der Waals surface area contributed by atoms with E-state index in [0.717, 1.165) is 6.42 Å². The number of aliphatic imine (C=N–C) groups is 1. The quantitative estimate of drug-likeness (QED) is 0.652. The molecular formula is C14H16N4O. The summed E-state index contributed by atoms with van der Waals surface area (Å²) in [6.45, 7) is 0. The number of amides is 1. The van der Waals surface area contributed by atoms with Crippen LogP contribution in [0.4, 0.5) is 0 Å². The first-order valence-corrected chi connectivity index (χ1v) is 6.32. The van der Waals surface area contributed by atoms with Gasteiger partial charge in [-0.25, -0.2) is 0 Å². The molecule has 1 amide bonds. The number of nitrogens with zero attached hydrogens (tertiary/aromatic N) is 1. The largest absolute Gasteiger partial charge is 0.398 e. The maximum atomic E-state index is 11.3. The van der Waals surface area contributed by atoms with Crippen LogP contribution in [0.15, 0.2) is 40.7 Å². The Morgan fingerprint density at radius 3 is 3.00 bits per heavy atom. The van der Waals surface area contributed by atoms with Gasteiger partial charge in [0.05, 0.1) is 11.6 Å². The van der Waals surface area contributed by atoms with Crippen molar-refractivity contribution in [2.75, 3.05) is 0 Å². The molecule has 98 valence electrons. The van der Waals surface area contributed by atoms with E-state index in [2.05, 4.69) is 4.99 Å². The molecule has 3 aliphatic rings. The Balaban J connectivity index is 1.91. The Bertz CT molecular complexity index is 584. The zero-order valence-electron chi connectivity index (χ0n) is 10.5. The van der Waals surface area contributed by atoms with Crippen LogP contribution in [-0.4, -0.2) is 17.8 Å². The van der Waals surface area contributed by atoms with E-state index in [1.807, 2.05) is 12.3 Å². The molecule has 5 N–H and O–H groups in total. The minimum absolute atomic E-state index is 0.272. The summed E-state index contributed by atoms with van der Waals surface area (Å²) in [6, 6.07) is 0. The number of hydrogen-bond donors (Lipinski definition) is 3. The minimum Gasteiger partial charge on any atom is -0.398 e. The summed E-state index contributed by atoms with van der Waals surface area (Å²) >= 11 is 0. The van der Waals surface area contributed by atoms with Gasteiger partial charge in [0, 0.05) is 35.0 Å². The van der Waals surface area contributed by atoms with Crippen molar-refractivity contribution in [2.24, 2.45) is 33.7 Å². The van der Waals surface area contributed by atoms with Gasteiger partial charge in [-0.15, -0.1) is 0 Å². The summed E-state index contributed by atoms with van der Waals surface area (Å²) in [5.41, 5.74) is 12.7. The number of primary amides is 1. The first kappa shape index (κ1) is 11.9. The van der Waals surface area contributed by atoms with Gasteiger partial charge in [-0.05, 0) is 12.8 Å². The minimum atomic E-state index is -0.375. The molecule has 5 heteroatoms. The summed E-state index contributed by atoms with van der Waals surface area (Å²) in [5, 5.41) is 8.42. The van der Waals surface area contributed by atoms with E-state index >= 15 is 0 Å². The molecule has 1 heterocycles. The van der Waals surface area contributed by atoms with E-state index in [1.165, 1.54) is 0 Å². The van der Waals surface area contributed by atoms with Crippen LogP contribution in [0, 0.1) is 22.7 Å².